The topological polar surface area (TPSA) is 53.8 Å². The number of likely N-dealkylation sites (N-methyl/N-ethyl adjacent to an activating group) is 1. The van der Waals surface area contributed by atoms with Crippen molar-refractivity contribution in [3.8, 4) is 0 Å². The third kappa shape index (κ3) is 4.27. The van der Waals surface area contributed by atoms with Gasteiger partial charge in [-0.2, -0.15) is 11.3 Å². The first-order valence-corrected chi connectivity index (χ1v) is 8.79. The van der Waals surface area contributed by atoms with Crippen molar-refractivity contribution in [3.05, 3.63) is 40.8 Å². The standard InChI is InChI=1S/C16H21N5OS/c1-19(11-14-3-10-23-13-14)12-15(22)20-6-8-21(9-7-20)16-17-4-2-5-18-16/h2-5,10,13H,6-9,11-12H2,1H3/p+1. The molecule has 1 amide bonds. The van der Waals surface area contributed by atoms with E-state index in [4.69, 9.17) is 0 Å². The van der Waals surface area contributed by atoms with E-state index in [0.717, 1.165) is 38.7 Å². The summed E-state index contributed by atoms with van der Waals surface area (Å²) in [7, 11) is 2.07. The highest BCUT2D eigenvalue weighted by atomic mass is 32.1. The average molecular weight is 332 g/mol. The fourth-order valence-electron chi connectivity index (χ4n) is 2.78. The Morgan fingerprint density at radius 3 is 2.65 bits per heavy atom. The number of piperazine rings is 1. The quantitative estimate of drug-likeness (QED) is 0.831. The molecular weight excluding hydrogens is 310 g/mol. The number of nitrogens with zero attached hydrogens (tertiary/aromatic N) is 4. The Hall–Kier alpha value is -1.99. The van der Waals surface area contributed by atoms with Gasteiger partial charge in [0.1, 0.15) is 6.54 Å². The Balaban J connectivity index is 1.46. The zero-order valence-electron chi connectivity index (χ0n) is 13.3. The highest BCUT2D eigenvalue weighted by Crippen LogP contribution is 2.09. The maximum Gasteiger partial charge on any atom is 0.277 e. The van der Waals surface area contributed by atoms with Gasteiger partial charge in [-0.05, 0) is 22.9 Å². The van der Waals surface area contributed by atoms with Crippen molar-refractivity contribution in [2.45, 2.75) is 6.54 Å². The van der Waals surface area contributed by atoms with E-state index in [-0.39, 0.29) is 5.91 Å². The Morgan fingerprint density at radius 1 is 1.26 bits per heavy atom. The summed E-state index contributed by atoms with van der Waals surface area (Å²) in [5.74, 6) is 0.978. The summed E-state index contributed by atoms with van der Waals surface area (Å²) in [6.07, 6.45) is 3.51. The van der Waals surface area contributed by atoms with Crippen molar-refractivity contribution in [1.29, 1.82) is 0 Å². The van der Waals surface area contributed by atoms with Crippen LogP contribution in [0.5, 0.6) is 0 Å². The second-order valence-corrected chi connectivity index (χ2v) is 6.64. The van der Waals surface area contributed by atoms with E-state index >= 15 is 0 Å². The monoisotopic (exact) mass is 332 g/mol. The fourth-order valence-corrected chi connectivity index (χ4v) is 3.45. The number of hydrogen-bond donors (Lipinski definition) is 1. The van der Waals surface area contributed by atoms with Gasteiger partial charge in [-0.25, -0.2) is 9.97 Å². The summed E-state index contributed by atoms with van der Waals surface area (Å²) in [4.78, 5) is 26.3. The maximum absolute atomic E-state index is 12.4. The summed E-state index contributed by atoms with van der Waals surface area (Å²) < 4.78 is 0. The first-order chi connectivity index (χ1) is 11.2. The van der Waals surface area contributed by atoms with Crippen LogP contribution in [0.1, 0.15) is 5.56 Å². The SMILES string of the molecule is C[NH+](CC(=O)N1CCN(c2ncccn2)CC1)Cc1ccsc1. The van der Waals surface area contributed by atoms with Gasteiger partial charge in [0.2, 0.25) is 5.95 Å². The lowest BCUT2D eigenvalue weighted by Gasteiger charge is -2.34. The molecule has 0 spiro atoms. The molecule has 2 aromatic heterocycles. The number of quaternary nitrogens is 1. The molecule has 0 radical (unpaired) electrons. The molecule has 7 heteroatoms. The smallest absolute Gasteiger partial charge is 0.277 e. The molecule has 2 aromatic rings. The van der Waals surface area contributed by atoms with Crippen LogP contribution in [0.4, 0.5) is 5.95 Å². The molecule has 0 bridgehead atoms. The summed E-state index contributed by atoms with van der Waals surface area (Å²) in [5.41, 5.74) is 1.30. The lowest BCUT2D eigenvalue weighted by molar-refractivity contribution is -0.885. The fraction of sp³-hybridized carbons (Fsp3) is 0.438. The zero-order chi connectivity index (χ0) is 16.1. The Labute approximate surface area is 140 Å². The van der Waals surface area contributed by atoms with E-state index < -0.39 is 0 Å². The average Bonchev–Trinajstić information content (AvgIpc) is 3.08. The third-order valence-corrected chi connectivity index (χ3v) is 4.74. The zero-order valence-corrected chi connectivity index (χ0v) is 14.1. The lowest BCUT2D eigenvalue weighted by Crippen LogP contribution is -3.08. The molecule has 0 aliphatic carbocycles. The van der Waals surface area contributed by atoms with Crippen LogP contribution < -0.4 is 9.80 Å². The van der Waals surface area contributed by atoms with Crippen LogP contribution in [0.15, 0.2) is 35.3 Å². The van der Waals surface area contributed by atoms with Crippen LogP contribution in [-0.2, 0) is 11.3 Å². The molecule has 1 aliphatic heterocycles. The minimum Gasteiger partial charge on any atom is -0.337 e. The molecule has 1 unspecified atom stereocenters. The molecule has 1 saturated heterocycles. The Kier molecular flexibility index (Phi) is 5.19. The van der Waals surface area contributed by atoms with Gasteiger partial charge in [0.15, 0.2) is 6.54 Å². The second-order valence-electron chi connectivity index (χ2n) is 5.86. The highest BCUT2D eigenvalue weighted by molar-refractivity contribution is 7.07. The highest BCUT2D eigenvalue weighted by Gasteiger charge is 2.24. The Morgan fingerprint density at radius 2 is 2.00 bits per heavy atom. The van der Waals surface area contributed by atoms with E-state index in [2.05, 4.69) is 38.7 Å². The summed E-state index contributed by atoms with van der Waals surface area (Å²) in [5, 5.41) is 4.22. The second kappa shape index (κ2) is 7.52. The molecule has 0 saturated carbocycles. The molecule has 23 heavy (non-hydrogen) atoms. The van der Waals surface area contributed by atoms with Crippen molar-refractivity contribution in [2.75, 3.05) is 44.7 Å². The van der Waals surface area contributed by atoms with E-state index in [1.165, 1.54) is 10.5 Å². The number of amides is 1. The summed E-state index contributed by atoms with van der Waals surface area (Å²) in [6, 6.07) is 3.94. The molecule has 122 valence electrons. The first kappa shape index (κ1) is 15.9. The largest absolute Gasteiger partial charge is 0.337 e. The molecule has 0 aromatic carbocycles. The number of nitrogens with one attached hydrogen (secondary N) is 1. The van der Waals surface area contributed by atoms with Crippen LogP contribution in [0.25, 0.3) is 0 Å². The van der Waals surface area contributed by atoms with Gasteiger partial charge in [0.25, 0.3) is 5.91 Å². The predicted molar refractivity (Wildman–Crippen MR) is 90.6 cm³/mol. The van der Waals surface area contributed by atoms with Crippen LogP contribution in [-0.4, -0.2) is 60.5 Å². The number of hydrogen-bond acceptors (Lipinski definition) is 5. The molecule has 6 nitrogen and oxygen atoms in total. The Bertz CT molecular complexity index is 611. The summed E-state index contributed by atoms with van der Waals surface area (Å²) >= 11 is 1.70. The van der Waals surface area contributed by atoms with Gasteiger partial charge in [-0.1, -0.05) is 0 Å². The van der Waals surface area contributed by atoms with E-state index in [9.17, 15) is 4.79 Å². The van der Waals surface area contributed by atoms with Crippen LogP contribution >= 0.6 is 11.3 Å². The molecule has 1 aliphatic rings. The van der Waals surface area contributed by atoms with Gasteiger partial charge in [-0.15, -0.1) is 0 Å². The van der Waals surface area contributed by atoms with Crippen LogP contribution in [0.3, 0.4) is 0 Å². The predicted octanol–water partition coefficient (Wildman–Crippen LogP) is -0.0984. The van der Waals surface area contributed by atoms with Crippen molar-refractivity contribution in [2.24, 2.45) is 0 Å². The van der Waals surface area contributed by atoms with E-state index in [1.54, 1.807) is 23.7 Å². The lowest BCUT2D eigenvalue weighted by atomic mass is 10.3. The van der Waals surface area contributed by atoms with Crippen molar-refractivity contribution in [1.82, 2.24) is 14.9 Å². The van der Waals surface area contributed by atoms with Gasteiger partial charge in [0, 0.05) is 44.1 Å². The number of thiophene rings is 1. The van der Waals surface area contributed by atoms with Crippen molar-refractivity contribution in [3.63, 3.8) is 0 Å². The van der Waals surface area contributed by atoms with Crippen molar-refractivity contribution < 1.29 is 9.69 Å². The number of aromatic nitrogens is 2. The molecule has 1 N–H and O–H groups in total. The van der Waals surface area contributed by atoms with E-state index in [0.29, 0.717) is 6.54 Å². The van der Waals surface area contributed by atoms with Gasteiger partial charge in [-0.3, -0.25) is 4.79 Å². The molecular formula is C16H22N5OS+. The number of carbonyl (C=O) groups excluding carboxylic acids is 1. The molecule has 1 atom stereocenters. The van der Waals surface area contributed by atoms with Crippen molar-refractivity contribution >= 4 is 23.2 Å². The minimum absolute atomic E-state index is 0.228. The van der Waals surface area contributed by atoms with Crippen LogP contribution in [0, 0.1) is 0 Å². The number of carbonyl (C=O) groups is 1. The summed E-state index contributed by atoms with van der Waals surface area (Å²) in [6.45, 7) is 4.50. The molecule has 3 rings (SSSR count). The van der Waals surface area contributed by atoms with Crippen LogP contribution in [0.2, 0.25) is 0 Å². The molecule has 3 heterocycles. The number of anilines is 1. The number of rotatable bonds is 5. The van der Waals surface area contributed by atoms with Gasteiger partial charge < -0.3 is 14.7 Å². The molecule has 1 fully saturated rings. The first-order valence-electron chi connectivity index (χ1n) is 7.84. The maximum atomic E-state index is 12.4. The van der Waals surface area contributed by atoms with Gasteiger partial charge in [0.05, 0.1) is 7.05 Å². The normalized spacial score (nSPS) is 16.4. The minimum atomic E-state index is 0.228. The van der Waals surface area contributed by atoms with E-state index in [1.807, 2.05) is 11.0 Å². The van der Waals surface area contributed by atoms with Gasteiger partial charge >= 0.3 is 0 Å². The third-order valence-electron chi connectivity index (χ3n) is 4.01.